The standard InChI is InChI=1S/C25H23N7O2S/c33-35(34,23-3-1-2-18-8-10-27-17-22(18)23)32-13-9-19-16-28-25(30-24(19)32)29-20-4-6-21(7-5-20)31-14-11-26-12-15-31/h1-10,13,16-17,26H,11-12,14-15H2,(H,28,29,30). The topological polar surface area (TPSA) is 105 Å². The van der Waals surface area contributed by atoms with Crippen molar-refractivity contribution in [3.8, 4) is 0 Å². The van der Waals surface area contributed by atoms with Gasteiger partial charge in [0.1, 0.15) is 0 Å². The van der Waals surface area contributed by atoms with Crippen LogP contribution in [-0.4, -0.2) is 53.5 Å². The van der Waals surface area contributed by atoms with Crippen molar-refractivity contribution < 1.29 is 8.42 Å². The fraction of sp³-hybridized carbons (Fsp3) is 0.160. The summed E-state index contributed by atoms with van der Waals surface area (Å²) in [6.07, 6.45) is 6.34. The maximum Gasteiger partial charge on any atom is 0.270 e. The molecule has 1 saturated heterocycles. The Labute approximate surface area is 202 Å². The first kappa shape index (κ1) is 21.5. The van der Waals surface area contributed by atoms with E-state index < -0.39 is 10.0 Å². The lowest BCUT2D eigenvalue weighted by molar-refractivity contribution is 0.589. The number of rotatable bonds is 5. The van der Waals surface area contributed by atoms with Crippen molar-refractivity contribution in [1.29, 1.82) is 0 Å². The lowest BCUT2D eigenvalue weighted by Gasteiger charge is -2.29. The van der Waals surface area contributed by atoms with E-state index in [4.69, 9.17) is 0 Å². The number of nitrogens with zero attached hydrogens (tertiary/aromatic N) is 5. The van der Waals surface area contributed by atoms with Gasteiger partial charge in [-0.15, -0.1) is 0 Å². The van der Waals surface area contributed by atoms with Crippen molar-refractivity contribution in [2.24, 2.45) is 0 Å². The Kier molecular flexibility index (Phi) is 5.31. The molecule has 6 rings (SSSR count). The van der Waals surface area contributed by atoms with Crippen LogP contribution in [0.3, 0.4) is 0 Å². The SMILES string of the molecule is O=S(=O)(c1cccc2ccncc12)n1ccc2cnc(Nc3ccc(N4CCNCC4)cc3)nc21. The number of aromatic nitrogens is 4. The third-order valence-corrected chi connectivity index (χ3v) is 7.90. The van der Waals surface area contributed by atoms with E-state index in [0.29, 0.717) is 22.4 Å². The van der Waals surface area contributed by atoms with Crippen LogP contribution in [0.4, 0.5) is 17.3 Å². The Hall–Kier alpha value is -4.02. The number of nitrogens with one attached hydrogen (secondary N) is 2. The summed E-state index contributed by atoms with van der Waals surface area (Å²) in [5, 5.41) is 8.55. The predicted octanol–water partition coefficient (Wildman–Crippen LogP) is 3.37. The number of anilines is 3. The van der Waals surface area contributed by atoms with E-state index in [-0.39, 0.29) is 4.90 Å². The minimum Gasteiger partial charge on any atom is -0.369 e. The van der Waals surface area contributed by atoms with Crippen LogP contribution >= 0.6 is 0 Å². The first-order valence-corrected chi connectivity index (χ1v) is 12.8. The van der Waals surface area contributed by atoms with Crippen LogP contribution in [0.25, 0.3) is 21.8 Å². The third kappa shape index (κ3) is 3.96. The zero-order valence-electron chi connectivity index (χ0n) is 18.8. The van der Waals surface area contributed by atoms with Gasteiger partial charge in [0.25, 0.3) is 10.0 Å². The second-order valence-electron chi connectivity index (χ2n) is 8.35. The summed E-state index contributed by atoms with van der Waals surface area (Å²) in [6.45, 7) is 3.91. The fourth-order valence-electron chi connectivity index (χ4n) is 4.37. The first-order valence-electron chi connectivity index (χ1n) is 11.3. The molecule has 2 aromatic carbocycles. The van der Waals surface area contributed by atoms with E-state index in [1.807, 2.05) is 18.2 Å². The zero-order valence-corrected chi connectivity index (χ0v) is 19.6. The molecule has 1 aliphatic rings. The molecule has 10 heteroatoms. The molecule has 0 unspecified atom stereocenters. The van der Waals surface area contributed by atoms with Gasteiger partial charge in [0.2, 0.25) is 5.95 Å². The van der Waals surface area contributed by atoms with Gasteiger partial charge in [-0.1, -0.05) is 12.1 Å². The Bertz CT molecular complexity index is 1620. The maximum absolute atomic E-state index is 13.6. The smallest absolute Gasteiger partial charge is 0.270 e. The van der Waals surface area contributed by atoms with Crippen molar-refractivity contribution in [3.05, 3.63) is 79.4 Å². The minimum atomic E-state index is -3.91. The van der Waals surface area contributed by atoms with Gasteiger partial charge in [0.15, 0.2) is 5.65 Å². The van der Waals surface area contributed by atoms with Crippen LogP contribution < -0.4 is 15.5 Å². The molecule has 0 aliphatic carbocycles. The van der Waals surface area contributed by atoms with Crippen LogP contribution in [0.5, 0.6) is 0 Å². The van der Waals surface area contributed by atoms with Gasteiger partial charge in [-0.3, -0.25) is 4.98 Å². The van der Waals surface area contributed by atoms with Gasteiger partial charge in [-0.05, 0) is 47.9 Å². The Balaban J connectivity index is 1.33. The molecule has 2 N–H and O–H groups in total. The van der Waals surface area contributed by atoms with E-state index in [1.54, 1.807) is 42.9 Å². The number of benzene rings is 2. The summed E-state index contributed by atoms with van der Waals surface area (Å²) in [4.78, 5) is 15.5. The molecular weight excluding hydrogens is 462 g/mol. The van der Waals surface area contributed by atoms with Gasteiger partial charge in [-0.2, -0.15) is 4.98 Å². The molecule has 9 nitrogen and oxygen atoms in total. The van der Waals surface area contributed by atoms with E-state index >= 15 is 0 Å². The van der Waals surface area contributed by atoms with Crippen LogP contribution in [0.15, 0.2) is 84.3 Å². The second kappa shape index (κ2) is 8.64. The predicted molar refractivity (Wildman–Crippen MR) is 137 cm³/mol. The Morgan fingerprint density at radius 3 is 2.57 bits per heavy atom. The number of fused-ring (bicyclic) bond motifs is 2. The summed E-state index contributed by atoms with van der Waals surface area (Å²) in [6, 6.07) is 16.7. The number of hydrogen-bond acceptors (Lipinski definition) is 8. The molecule has 0 amide bonds. The average molecular weight is 486 g/mol. The van der Waals surface area contributed by atoms with Crippen LogP contribution in [0.1, 0.15) is 0 Å². The van der Waals surface area contributed by atoms with E-state index in [2.05, 4.69) is 42.6 Å². The maximum atomic E-state index is 13.6. The molecular formula is C25H23N7O2S. The van der Waals surface area contributed by atoms with Gasteiger partial charge < -0.3 is 15.5 Å². The highest BCUT2D eigenvalue weighted by molar-refractivity contribution is 7.90. The normalized spacial score (nSPS) is 14.5. The molecule has 0 atom stereocenters. The van der Waals surface area contributed by atoms with Crippen molar-refractivity contribution in [2.45, 2.75) is 4.90 Å². The summed E-state index contributed by atoms with van der Waals surface area (Å²) in [5.74, 6) is 0.321. The lowest BCUT2D eigenvalue weighted by atomic mass is 10.2. The fourth-order valence-corrected chi connectivity index (χ4v) is 5.88. The molecule has 0 bridgehead atoms. The monoisotopic (exact) mass is 485 g/mol. The molecule has 35 heavy (non-hydrogen) atoms. The first-order chi connectivity index (χ1) is 17.1. The molecule has 176 valence electrons. The van der Waals surface area contributed by atoms with Crippen molar-refractivity contribution in [3.63, 3.8) is 0 Å². The minimum absolute atomic E-state index is 0.178. The largest absolute Gasteiger partial charge is 0.369 e. The summed E-state index contributed by atoms with van der Waals surface area (Å²) in [5.41, 5.74) is 2.29. The van der Waals surface area contributed by atoms with Gasteiger partial charge >= 0.3 is 0 Å². The highest BCUT2D eigenvalue weighted by Crippen LogP contribution is 2.27. The zero-order chi connectivity index (χ0) is 23.8. The van der Waals surface area contributed by atoms with Crippen molar-refractivity contribution in [2.75, 3.05) is 36.4 Å². The molecule has 4 heterocycles. The van der Waals surface area contributed by atoms with Crippen LogP contribution in [0, 0.1) is 0 Å². The number of pyridine rings is 1. The molecule has 1 fully saturated rings. The van der Waals surface area contributed by atoms with Gasteiger partial charge in [0.05, 0.1) is 4.90 Å². The quantitative estimate of drug-likeness (QED) is 0.390. The molecule has 0 radical (unpaired) electrons. The highest BCUT2D eigenvalue weighted by atomic mass is 32.2. The Morgan fingerprint density at radius 1 is 0.914 bits per heavy atom. The van der Waals surface area contributed by atoms with Crippen LogP contribution in [0.2, 0.25) is 0 Å². The Morgan fingerprint density at radius 2 is 1.74 bits per heavy atom. The number of piperazine rings is 1. The van der Waals surface area contributed by atoms with E-state index in [9.17, 15) is 8.42 Å². The average Bonchev–Trinajstić information content (AvgIpc) is 3.33. The molecule has 3 aromatic heterocycles. The second-order valence-corrected chi connectivity index (χ2v) is 10.1. The van der Waals surface area contributed by atoms with E-state index in [0.717, 1.165) is 42.9 Å². The molecule has 1 aliphatic heterocycles. The summed E-state index contributed by atoms with van der Waals surface area (Å²) in [7, 11) is -3.91. The highest BCUT2D eigenvalue weighted by Gasteiger charge is 2.22. The summed E-state index contributed by atoms with van der Waals surface area (Å²) < 4.78 is 28.4. The number of hydrogen-bond donors (Lipinski definition) is 2. The van der Waals surface area contributed by atoms with E-state index in [1.165, 1.54) is 10.2 Å². The van der Waals surface area contributed by atoms with Crippen LogP contribution in [-0.2, 0) is 10.0 Å². The third-order valence-electron chi connectivity index (χ3n) is 6.18. The van der Waals surface area contributed by atoms with Crippen molar-refractivity contribution in [1.82, 2.24) is 24.2 Å². The van der Waals surface area contributed by atoms with Gasteiger partial charge in [-0.25, -0.2) is 17.4 Å². The lowest BCUT2D eigenvalue weighted by Crippen LogP contribution is -2.43. The van der Waals surface area contributed by atoms with Gasteiger partial charge in [0, 0.05) is 73.1 Å². The molecule has 0 saturated carbocycles. The molecule has 5 aromatic rings. The van der Waals surface area contributed by atoms with Crippen molar-refractivity contribution >= 4 is 49.2 Å². The summed E-state index contributed by atoms with van der Waals surface area (Å²) >= 11 is 0. The molecule has 0 spiro atoms.